The van der Waals surface area contributed by atoms with Gasteiger partial charge in [-0.05, 0) is 6.07 Å². The van der Waals surface area contributed by atoms with Crippen molar-refractivity contribution < 1.29 is 4.74 Å². The van der Waals surface area contributed by atoms with Gasteiger partial charge in [0.15, 0.2) is 0 Å². The van der Waals surface area contributed by atoms with Crippen molar-refractivity contribution in [2.75, 3.05) is 12.3 Å². The predicted octanol–water partition coefficient (Wildman–Crippen LogP) is 1.23. The Morgan fingerprint density at radius 1 is 1.64 bits per heavy atom. The van der Waals surface area contributed by atoms with E-state index in [4.69, 9.17) is 10.5 Å². The molecule has 58 valence electrons. The summed E-state index contributed by atoms with van der Waals surface area (Å²) in [4.78, 5) is 3.92. The van der Waals surface area contributed by atoms with E-state index < -0.39 is 0 Å². The van der Waals surface area contributed by atoms with Crippen molar-refractivity contribution >= 4 is 5.69 Å². The lowest BCUT2D eigenvalue weighted by Gasteiger charge is -2.00. The first-order valence-corrected chi connectivity index (χ1v) is 3.28. The van der Waals surface area contributed by atoms with E-state index in [1.54, 1.807) is 24.4 Å². The lowest BCUT2D eigenvalue weighted by molar-refractivity contribution is 0.349. The Morgan fingerprint density at radius 3 is 3.00 bits per heavy atom. The molecular formula is C8H10N2O. The number of anilines is 1. The Kier molecular flexibility index (Phi) is 2.49. The lowest BCUT2D eigenvalue weighted by atomic mass is 10.4. The fraction of sp³-hybridized carbons (Fsp3) is 0.125. The van der Waals surface area contributed by atoms with Gasteiger partial charge in [0, 0.05) is 6.07 Å². The highest BCUT2D eigenvalue weighted by molar-refractivity contribution is 5.35. The van der Waals surface area contributed by atoms with Crippen LogP contribution >= 0.6 is 0 Å². The number of nitrogens with two attached hydrogens (primary N) is 1. The first-order chi connectivity index (χ1) is 5.33. The SMILES string of the molecule is C=CCOc1ccc(N)cn1. The summed E-state index contributed by atoms with van der Waals surface area (Å²) in [7, 11) is 0. The number of nitrogen functional groups attached to an aromatic ring is 1. The minimum atomic E-state index is 0.469. The summed E-state index contributed by atoms with van der Waals surface area (Å²) in [6.45, 7) is 3.98. The molecule has 0 saturated carbocycles. The standard InChI is InChI=1S/C8H10N2O/c1-2-5-11-8-4-3-7(9)6-10-8/h2-4,6H,1,5,9H2. The number of nitrogens with zero attached hydrogens (tertiary/aromatic N) is 1. The maximum atomic E-state index is 5.42. The zero-order valence-electron chi connectivity index (χ0n) is 6.16. The monoisotopic (exact) mass is 150 g/mol. The van der Waals surface area contributed by atoms with Gasteiger partial charge in [-0.15, -0.1) is 0 Å². The van der Waals surface area contributed by atoms with Crippen LogP contribution in [0.2, 0.25) is 0 Å². The molecule has 0 saturated heterocycles. The third kappa shape index (κ3) is 2.29. The van der Waals surface area contributed by atoms with Crippen LogP contribution in [0.3, 0.4) is 0 Å². The molecule has 3 heteroatoms. The molecule has 0 radical (unpaired) electrons. The highest BCUT2D eigenvalue weighted by Crippen LogP contribution is 2.07. The first kappa shape index (κ1) is 7.60. The second-order valence-corrected chi connectivity index (χ2v) is 2.03. The number of rotatable bonds is 3. The number of aromatic nitrogens is 1. The van der Waals surface area contributed by atoms with Crippen LogP contribution in [0.4, 0.5) is 5.69 Å². The van der Waals surface area contributed by atoms with Gasteiger partial charge in [0.25, 0.3) is 0 Å². The lowest BCUT2D eigenvalue weighted by Crippen LogP contribution is -1.95. The Bertz CT molecular complexity index is 230. The number of ether oxygens (including phenoxy) is 1. The third-order valence-corrected chi connectivity index (χ3v) is 1.11. The summed E-state index contributed by atoms with van der Waals surface area (Å²) in [5, 5.41) is 0. The Balaban J connectivity index is 2.58. The van der Waals surface area contributed by atoms with Gasteiger partial charge >= 0.3 is 0 Å². The predicted molar refractivity (Wildman–Crippen MR) is 44.3 cm³/mol. The third-order valence-electron chi connectivity index (χ3n) is 1.11. The van der Waals surface area contributed by atoms with Crippen LogP contribution in [-0.4, -0.2) is 11.6 Å². The highest BCUT2D eigenvalue weighted by Gasteiger charge is 1.90. The summed E-state index contributed by atoms with van der Waals surface area (Å²) < 4.78 is 5.13. The number of hydrogen-bond donors (Lipinski definition) is 1. The second kappa shape index (κ2) is 3.61. The molecule has 1 rings (SSSR count). The van der Waals surface area contributed by atoms with Crippen LogP contribution in [0.15, 0.2) is 31.0 Å². The fourth-order valence-corrected chi connectivity index (χ4v) is 0.621. The van der Waals surface area contributed by atoms with E-state index in [1.165, 1.54) is 0 Å². The first-order valence-electron chi connectivity index (χ1n) is 3.28. The van der Waals surface area contributed by atoms with Crippen LogP contribution in [-0.2, 0) is 0 Å². The van der Waals surface area contributed by atoms with E-state index in [0.717, 1.165) is 0 Å². The van der Waals surface area contributed by atoms with Crippen LogP contribution in [0, 0.1) is 0 Å². The van der Waals surface area contributed by atoms with Crippen molar-refractivity contribution in [1.29, 1.82) is 0 Å². The maximum Gasteiger partial charge on any atom is 0.213 e. The second-order valence-electron chi connectivity index (χ2n) is 2.03. The average molecular weight is 150 g/mol. The molecule has 1 heterocycles. The molecule has 1 aromatic heterocycles. The molecule has 3 nitrogen and oxygen atoms in total. The van der Waals surface area contributed by atoms with Crippen LogP contribution in [0.5, 0.6) is 5.88 Å². The van der Waals surface area contributed by atoms with Crippen molar-refractivity contribution in [3.05, 3.63) is 31.0 Å². The van der Waals surface area contributed by atoms with Crippen LogP contribution in [0.25, 0.3) is 0 Å². The van der Waals surface area contributed by atoms with Gasteiger partial charge in [-0.3, -0.25) is 0 Å². The molecule has 1 aromatic rings. The van der Waals surface area contributed by atoms with Gasteiger partial charge in [0.1, 0.15) is 6.61 Å². The molecule has 0 aliphatic carbocycles. The minimum absolute atomic E-state index is 0.469. The topological polar surface area (TPSA) is 48.1 Å². The molecule has 0 aliphatic heterocycles. The van der Waals surface area contributed by atoms with Crippen LogP contribution in [0.1, 0.15) is 0 Å². The van der Waals surface area contributed by atoms with Crippen molar-refractivity contribution in [3.8, 4) is 5.88 Å². The average Bonchev–Trinajstić information content (AvgIpc) is 2.04. The number of pyridine rings is 1. The minimum Gasteiger partial charge on any atom is -0.473 e. The molecule has 0 fully saturated rings. The summed E-state index contributed by atoms with van der Waals surface area (Å²) in [5.74, 6) is 0.569. The number of hydrogen-bond acceptors (Lipinski definition) is 3. The zero-order valence-corrected chi connectivity index (χ0v) is 6.16. The highest BCUT2D eigenvalue weighted by atomic mass is 16.5. The fourth-order valence-electron chi connectivity index (χ4n) is 0.621. The molecule has 0 atom stereocenters. The zero-order chi connectivity index (χ0) is 8.10. The summed E-state index contributed by atoms with van der Waals surface area (Å²) >= 11 is 0. The van der Waals surface area contributed by atoms with E-state index in [2.05, 4.69) is 11.6 Å². The molecule has 2 N–H and O–H groups in total. The van der Waals surface area contributed by atoms with Gasteiger partial charge in [0.05, 0.1) is 11.9 Å². The van der Waals surface area contributed by atoms with Crippen molar-refractivity contribution in [2.45, 2.75) is 0 Å². The van der Waals surface area contributed by atoms with Crippen molar-refractivity contribution in [3.63, 3.8) is 0 Å². The van der Waals surface area contributed by atoms with E-state index in [0.29, 0.717) is 18.2 Å². The molecule has 0 amide bonds. The smallest absolute Gasteiger partial charge is 0.213 e. The Hall–Kier alpha value is -1.51. The van der Waals surface area contributed by atoms with Gasteiger partial charge in [-0.1, -0.05) is 12.7 Å². The van der Waals surface area contributed by atoms with Crippen molar-refractivity contribution in [1.82, 2.24) is 4.98 Å². The van der Waals surface area contributed by atoms with Gasteiger partial charge < -0.3 is 10.5 Å². The van der Waals surface area contributed by atoms with E-state index in [1.807, 2.05) is 0 Å². The Morgan fingerprint density at radius 2 is 2.45 bits per heavy atom. The van der Waals surface area contributed by atoms with E-state index >= 15 is 0 Å². The Labute approximate surface area is 65.5 Å². The molecule has 0 spiro atoms. The molecular weight excluding hydrogens is 140 g/mol. The summed E-state index contributed by atoms with van der Waals surface area (Å²) in [5.41, 5.74) is 6.05. The maximum absolute atomic E-state index is 5.42. The molecule has 0 unspecified atom stereocenters. The molecule has 0 aliphatic rings. The van der Waals surface area contributed by atoms with Gasteiger partial charge in [-0.25, -0.2) is 4.98 Å². The van der Waals surface area contributed by atoms with Gasteiger partial charge in [-0.2, -0.15) is 0 Å². The quantitative estimate of drug-likeness (QED) is 0.659. The van der Waals surface area contributed by atoms with Gasteiger partial charge in [0.2, 0.25) is 5.88 Å². The largest absolute Gasteiger partial charge is 0.473 e. The summed E-state index contributed by atoms with van der Waals surface area (Å²) in [6, 6.07) is 3.46. The van der Waals surface area contributed by atoms with E-state index in [9.17, 15) is 0 Å². The van der Waals surface area contributed by atoms with E-state index in [-0.39, 0.29) is 0 Å². The summed E-state index contributed by atoms with van der Waals surface area (Å²) in [6.07, 6.45) is 3.22. The molecule has 0 aromatic carbocycles. The molecule has 11 heavy (non-hydrogen) atoms. The normalized spacial score (nSPS) is 9.09. The molecule has 0 bridgehead atoms. The van der Waals surface area contributed by atoms with Crippen molar-refractivity contribution in [2.24, 2.45) is 0 Å². The van der Waals surface area contributed by atoms with Crippen LogP contribution < -0.4 is 10.5 Å².